The van der Waals surface area contributed by atoms with Crippen LogP contribution >= 0.6 is 0 Å². The lowest BCUT2D eigenvalue weighted by molar-refractivity contribution is -0.128. The Balaban J connectivity index is 1.51. The Morgan fingerprint density at radius 2 is 2.15 bits per heavy atom. The maximum atomic E-state index is 11.9. The predicted octanol–water partition coefficient (Wildman–Crippen LogP) is -0.500. The maximum Gasteiger partial charge on any atom is 0.358 e. The number of aromatic nitrogens is 3. The number of likely N-dealkylation sites (tertiary alicyclic amines) is 1. The molecule has 0 bridgehead atoms. The zero-order valence-corrected chi connectivity index (χ0v) is 11.2. The van der Waals surface area contributed by atoms with Crippen molar-refractivity contribution in [3.05, 3.63) is 11.9 Å². The van der Waals surface area contributed by atoms with Crippen molar-refractivity contribution in [2.24, 2.45) is 0 Å². The van der Waals surface area contributed by atoms with Crippen molar-refractivity contribution in [3.8, 4) is 0 Å². The van der Waals surface area contributed by atoms with Crippen molar-refractivity contribution in [3.63, 3.8) is 0 Å². The molecule has 1 saturated carbocycles. The zero-order valence-electron chi connectivity index (χ0n) is 11.2. The summed E-state index contributed by atoms with van der Waals surface area (Å²) >= 11 is 0. The molecule has 0 radical (unpaired) electrons. The van der Waals surface area contributed by atoms with Crippen molar-refractivity contribution < 1.29 is 14.7 Å². The SMILES string of the molecule is CC(C(=O)NC1CC1)N1CC(n2cc(C(=O)O)nn2)C1. The number of carbonyl (C=O) groups is 2. The molecule has 2 aliphatic rings. The third kappa shape index (κ3) is 2.51. The van der Waals surface area contributed by atoms with Crippen LogP contribution in [0.2, 0.25) is 0 Å². The largest absolute Gasteiger partial charge is 0.476 e. The predicted molar refractivity (Wildman–Crippen MR) is 68.2 cm³/mol. The van der Waals surface area contributed by atoms with Crippen molar-refractivity contribution in [1.29, 1.82) is 0 Å². The highest BCUT2D eigenvalue weighted by Gasteiger charge is 2.36. The van der Waals surface area contributed by atoms with E-state index in [0.717, 1.165) is 12.8 Å². The van der Waals surface area contributed by atoms with Crippen LogP contribution in [0.3, 0.4) is 0 Å². The van der Waals surface area contributed by atoms with E-state index in [9.17, 15) is 9.59 Å². The number of nitrogens with zero attached hydrogens (tertiary/aromatic N) is 4. The van der Waals surface area contributed by atoms with E-state index in [2.05, 4.69) is 15.6 Å². The average molecular weight is 279 g/mol. The summed E-state index contributed by atoms with van der Waals surface area (Å²) in [4.78, 5) is 24.7. The molecule has 3 rings (SSSR count). The number of hydrogen-bond donors (Lipinski definition) is 2. The molecule has 0 spiro atoms. The number of carboxylic acids is 1. The summed E-state index contributed by atoms with van der Waals surface area (Å²) in [7, 11) is 0. The summed E-state index contributed by atoms with van der Waals surface area (Å²) in [5.74, 6) is -1.01. The van der Waals surface area contributed by atoms with Gasteiger partial charge < -0.3 is 10.4 Å². The van der Waals surface area contributed by atoms with Crippen LogP contribution in [0.25, 0.3) is 0 Å². The third-order valence-electron chi connectivity index (χ3n) is 3.84. The van der Waals surface area contributed by atoms with Gasteiger partial charge in [0.15, 0.2) is 5.69 Å². The molecule has 8 heteroatoms. The van der Waals surface area contributed by atoms with Gasteiger partial charge in [-0.15, -0.1) is 5.10 Å². The Morgan fingerprint density at radius 3 is 2.70 bits per heavy atom. The lowest BCUT2D eigenvalue weighted by Gasteiger charge is -2.42. The topological polar surface area (TPSA) is 100 Å². The fourth-order valence-electron chi connectivity index (χ4n) is 2.24. The lowest BCUT2D eigenvalue weighted by Crippen LogP contribution is -2.56. The number of carboxylic acid groups (broad SMARTS) is 1. The Bertz CT molecular complexity index is 533. The van der Waals surface area contributed by atoms with Gasteiger partial charge in [0.2, 0.25) is 5.91 Å². The van der Waals surface area contributed by atoms with Gasteiger partial charge in [0.05, 0.1) is 18.3 Å². The molecule has 20 heavy (non-hydrogen) atoms. The first-order valence-electron chi connectivity index (χ1n) is 6.74. The quantitative estimate of drug-likeness (QED) is 0.753. The highest BCUT2D eigenvalue weighted by Crippen LogP contribution is 2.24. The average Bonchev–Trinajstić information content (AvgIpc) is 3.02. The molecule has 2 N–H and O–H groups in total. The Hall–Kier alpha value is -1.96. The Morgan fingerprint density at radius 1 is 1.45 bits per heavy atom. The van der Waals surface area contributed by atoms with E-state index in [1.54, 1.807) is 4.68 Å². The van der Waals surface area contributed by atoms with Gasteiger partial charge in [-0.05, 0) is 19.8 Å². The van der Waals surface area contributed by atoms with E-state index in [-0.39, 0.29) is 23.7 Å². The van der Waals surface area contributed by atoms with Gasteiger partial charge in [-0.3, -0.25) is 9.69 Å². The molecule has 1 aromatic rings. The molecule has 1 aliphatic carbocycles. The van der Waals surface area contributed by atoms with E-state index < -0.39 is 5.97 Å². The molecule has 0 aromatic carbocycles. The molecule has 1 unspecified atom stereocenters. The second kappa shape index (κ2) is 4.86. The van der Waals surface area contributed by atoms with Crippen LogP contribution in [-0.2, 0) is 4.79 Å². The molecule has 2 heterocycles. The summed E-state index contributed by atoms with van der Waals surface area (Å²) in [6.07, 6.45) is 3.59. The number of nitrogens with one attached hydrogen (secondary N) is 1. The second-order valence-corrected chi connectivity index (χ2v) is 5.46. The van der Waals surface area contributed by atoms with Gasteiger partial charge in [-0.25, -0.2) is 9.48 Å². The lowest BCUT2D eigenvalue weighted by atomic mass is 10.1. The standard InChI is InChI=1S/C12H17N5O3/c1-7(11(18)13-8-2-3-8)16-4-9(5-16)17-6-10(12(19)20)14-15-17/h6-9H,2-5H2,1H3,(H,13,18)(H,19,20). The number of carbonyl (C=O) groups excluding carboxylic acids is 1. The second-order valence-electron chi connectivity index (χ2n) is 5.46. The van der Waals surface area contributed by atoms with Crippen LogP contribution in [0.4, 0.5) is 0 Å². The monoisotopic (exact) mass is 279 g/mol. The Kier molecular flexibility index (Phi) is 3.17. The number of hydrogen-bond acceptors (Lipinski definition) is 5. The normalized spacial score (nSPS) is 21.2. The minimum atomic E-state index is -1.08. The van der Waals surface area contributed by atoms with Crippen molar-refractivity contribution in [2.45, 2.75) is 37.9 Å². The molecule has 2 fully saturated rings. The van der Waals surface area contributed by atoms with E-state index in [1.807, 2.05) is 11.8 Å². The van der Waals surface area contributed by atoms with E-state index >= 15 is 0 Å². The molecule has 1 atom stereocenters. The van der Waals surface area contributed by atoms with E-state index in [0.29, 0.717) is 19.1 Å². The fraction of sp³-hybridized carbons (Fsp3) is 0.667. The number of amides is 1. The highest BCUT2D eigenvalue weighted by molar-refractivity contribution is 5.84. The Labute approximate surface area is 115 Å². The smallest absolute Gasteiger partial charge is 0.358 e. The van der Waals surface area contributed by atoms with Gasteiger partial charge in [-0.2, -0.15) is 0 Å². The first kappa shape index (κ1) is 13.0. The van der Waals surface area contributed by atoms with Crippen LogP contribution in [0, 0.1) is 0 Å². The van der Waals surface area contributed by atoms with Crippen LogP contribution in [0.1, 0.15) is 36.3 Å². The molecule has 108 valence electrons. The van der Waals surface area contributed by atoms with Crippen LogP contribution in [0.5, 0.6) is 0 Å². The minimum absolute atomic E-state index is 0.0528. The van der Waals surface area contributed by atoms with Crippen molar-refractivity contribution in [2.75, 3.05) is 13.1 Å². The summed E-state index contributed by atoms with van der Waals surface area (Å²) in [6.45, 7) is 3.25. The summed E-state index contributed by atoms with van der Waals surface area (Å²) in [5.41, 5.74) is -0.0528. The fourth-order valence-corrected chi connectivity index (χ4v) is 2.24. The van der Waals surface area contributed by atoms with Gasteiger partial charge >= 0.3 is 5.97 Å². The summed E-state index contributed by atoms with van der Waals surface area (Å²) < 4.78 is 1.56. The molecule has 1 aromatic heterocycles. The van der Waals surface area contributed by atoms with Gasteiger partial charge in [0.25, 0.3) is 0 Å². The van der Waals surface area contributed by atoms with Crippen LogP contribution in [0.15, 0.2) is 6.20 Å². The van der Waals surface area contributed by atoms with Crippen LogP contribution < -0.4 is 5.32 Å². The molecule has 1 amide bonds. The molecule has 1 aliphatic heterocycles. The number of rotatable bonds is 5. The summed E-state index contributed by atoms with van der Waals surface area (Å²) in [6, 6.07) is 0.302. The molecule has 8 nitrogen and oxygen atoms in total. The van der Waals surface area contributed by atoms with Crippen LogP contribution in [-0.4, -0.2) is 62.0 Å². The maximum absolute atomic E-state index is 11.9. The van der Waals surface area contributed by atoms with Gasteiger partial charge in [-0.1, -0.05) is 5.21 Å². The minimum Gasteiger partial charge on any atom is -0.476 e. The first-order valence-corrected chi connectivity index (χ1v) is 6.74. The molecule has 1 saturated heterocycles. The summed E-state index contributed by atoms with van der Waals surface area (Å²) in [5, 5.41) is 19.2. The number of aromatic carboxylic acids is 1. The van der Waals surface area contributed by atoms with E-state index in [4.69, 9.17) is 5.11 Å². The first-order chi connectivity index (χ1) is 9.54. The highest BCUT2D eigenvalue weighted by atomic mass is 16.4. The van der Waals surface area contributed by atoms with Gasteiger partial charge in [0.1, 0.15) is 0 Å². The van der Waals surface area contributed by atoms with E-state index in [1.165, 1.54) is 6.20 Å². The molecular weight excluding hydrogens is 262 g/mol. The van der Waals surface area contributed by atoms with Crippen molar-refractivity contribution >= 4 is 11.9 Å². The van der Waals surface area contributed by atoms with Crippen molar-refractivity contribution in [1.82, 2.24) is 25.2 Å². The van der Waals surface area contributed by atoms with Gasteiger partial charge in [0, 0.05) is 19.1 Å². The molecular formula is C12H17N5O3. The zero-order chi connectivity index (χ0) is 14.3. The third-order valence-corrected chi connectivity index (χ3v) is 3.84.